The number of nitrogen functional groups attached to an aromatic ring is 1. The third kappa shape index (κ3) is 8.98. The highest BCUT2D eigenvalue weighted by Crippen LogP contribution is 2.41. The number of fused-ring (bicyclic) bond motifs is 3. The molecule has 13 nitrogen and oxygen atoms in total. The van der Waals surface area contributed by atoms with E-state index in [-0.39, 0.29) is 48.1 Å². The van der Waals surface area contributed by atoms with Crippen molar-refractivity contribution in [1.82, 2.24) is 19.6 Å². The molecule has 3 atom stereocenters. The Morgan fingerprint density at radius 1 is 0.966 bits per heavy atom. The van der Waals surface area contributed by atoms with Gasteiger partial charge in [-0.25, -0.2) is 9.59 Å². The van der Waals surface area contributed by atoms with Crippen LogP contribution in [0.5, 0.6) is 0 Å². The SMILES string of the molecule is CCOC(=O)CN1C2CCC1CC([N+]1(C)CCN(C(=O)[C@@H](Cc3cc(Cl)c(N)c(C(F)(F)F)c3)OC(=O)N3CCC(N4CCc5ccccc5NC4=O)CC3)CC1)C2. The Bertz CT molecular complexity index is 1860. The molecule has 3 N–H and O–H groups in total. The lowest BCUT2D eigenvalue weighted by Gasteiger charge is -2.51. The lowest BCUT2D eigenvalue weighted by atomic mass is 9.93. The fraction of sp³-hybridized carbons (Fsp3) is 0.610. The van der Waals surface area contributed by atoms with E-state index in [9.17, 15) is 32.3 Å². The van der Waals surface area contributed by atoms with Crippen molar-refractivity contribution in [2.45, 2.75) is 94.7 Å². The number of nitrogens with two attached hydrogens (primary N) is 1. The molecule has 17 heteroatoms. The van der Waals surface area contributed by atoms with Crippen molar-refractivity contribution in [2.75, 3.05) is 77.1 Å². The number of piperazine rings is 1. The fourth-order valence-electron chi connectivity index (χ4n) is 9.79. The summed E-state index contributed by atoms with van der Waals surface area (Å²) in [6, 6.07) is 10.4. The predicted octanol–water partition coefficient (Wildman–Crippen LogP) is 5.39. The van der Waals surface area contributed by atoms with E-state index in [4.69, 9.17) is 26.8 Å². The van der Waals surface area contributed by atoms with Gasteiger partial charge in [-0.15, -0.1) is 0 Å². The Morgan fingerprint density at radius 2 is 1.64 bits per heavy atom. The zero-order chi connectivity index (χ0) is 41.4. The summed E-state index contributed by atoms with van der Waals surface area (Å²) >= 11 is 6.17. The van der Waals surface area contributed by atoms with Crippen LogP contribution in [-0.4, -0.2) is 144 Å². The van der Waals surface area contributed by atoms with Crippen LogP contribution >= 0.6 is 11.6 Å². The molecule has 2 unspecified atom stereocenters. The summed E-state index contributed by atoms with van der Waals surface area (Å²) in [5.41, 5.74) is 5.87. The van der Waals surface area contributed by atoms with E-state index >= 15 is 0 Å². The number of urea groups is 1. The normalized spacial score (nSPS) is 24.4. The minimum atomic E-state index is -4.79. The van der Waals surface area contributed by atoms with Crippen molar-refractivity contribution in [3.63, 3.8) is 0 Å². The molecule has 316 valence electrons. The molecule has 2 aromatic rings. The first kappa shape index (κ1) is 41.9. The molecule has 5 aliphatic heterocycles. The van der Waals surface area contributed by atoms with Gasteiger partial charge in [0.05, 0.1) is 68.7 Å². The topological polar surface area (TPSA) is 138 Å². The van der Waals surface area contributed by atoms with Crippen molar-refractivity contribution >= 4 is 47.0 Å². The van der Waals surface area contributed by atoms with Gasteiger partial charge in [-0.2, -0.15) is 13.2 Å². The fourth-order valence-corrected chi connectivity index (χ4v) is 10.0. The number of rotatable bonds is 9. The van der Waals surface area contributed by atoms with Crippen LogP contribution in [0.25, 0.3) is 0 Å². The minimum Gasteiger partial charge on any atom is -0.465 e. The van der Waals surface area contributed by atoms with Gasteiger partial charge in [-0.3, -0.25) is 14.5 Å². The number of carbonyl (C=O) groups is 4. The number of hydrogen-bond donors (Lipinski definition) is 2. The standard InChI is InChI=1S/C41H53ClF3N7O6/c1-3-57-36(53)25-51-29-8-9-30(51)24-31(23-29)52(2)18-16-48(17-19-52)38(54)35(22-26-20-32(41(43,44)45)37(46)33(42)21-26)58-40(56)49-13-11-28(12-14-49)50-15-10-27-6-4-5-7-34(27)47-39(50)55/h4-7,20-21,28-31,35H,3,8-19,22-25,46H2,1-2H3/p+1/t29?,30?,31?,35-/m1/s1. The molecule has 7 rings (SSSR count). The molecule has 58 heavy (non-hydrogen) atoms. The number of likely N-dealkylation sites (tertiary alicyclic amines) is 1. The average molecular weight is 833 g/mol. The Morgan fingerprint density at radius 3 is 2.29 bits per heavy atom. The molecule has 0 spiro atoms. The number of para-hydroxylation sites is 1. The van der Waals surface area contributed by atoms with Crippen LogP contribution in [0.4, 0.5) is 34.1 Å². The number of likely N-dealkylation sites (N-methyl/N-ethyl adjacent to an activating group) is 1. The summed E-state index contributed by atoms with van der Waals surface area (Å²) in [7, 11) is 2.21. The Balaban J connectivity index is 1.01. The summed E-state index contributed by atoms with van der Waals surface area (Å²) < 4.78 is 53.8. The van der Waals surface area contributed by atoms with E-state index < -0.39 is 35.5 Å². The van der Waals surface area contributed by atoms with Gasteiger partial charge in [0.15, 0.2) is 6.10 Å². The number of halogens is 4. The maximum absolute atomic E-state index is 14.3. The Labute approximate surface area is 342 Å². The van der Waals surface area contributed by atoms with E-state index in [0.717, 1.165) is 47.5 Å². The van der Waals surface area contributed by atoms with Gasteiger partial charge < -0.3 is 39.7 Å². The number of anilines is 2. The van der Waals surface area contributed by atoms with Gasteiger partial charge in [0, 0.05) is 62.7 Å². The van der Waals surface area contributed by atoms with Crippen LogP contribution in [-0.2, 0) is 38.1 Å². The Kier molecular flexibility index (Phi) is 12.4. The molecule has 5 aliphatic rings. The number of ether oxygens (including phenoxy) is 2. The smallest absolute Gasteiger partial charge is 0.418 e. The molecular formula is C41H54ClF3N7O6+. The number of alkyl halides is 3. The van der Waals surface area contributed by atoms with Crippen molar-refractivity contribution < 1.29 is 46.3 Å². The third-order valence-electron chi connectivity index (χ3n) is 13.2. The highest BCUT2D eigenvalue weighted by Gasteiger charge is 2.49. The van der Waals surface area contributed by atoms with Crippen LogP contribution in [0.2, 0.25) is 5.02 Å². The average Bonchev–Trinajstić information content (AvgIpc) is 3.32. The molecule has 4 amide bonds. The summed E-state index contributed by atoms with van der Waals surface area (Å²) in [5.74, 6) is -0.685. The predicted molar refractivity (Wildman–Crippen MR) is 211 cm³/mol. The monoisotopic (exact) mass is 832 g/mol. The van der Waals surface area contributed by atoms with Crippen LogP contribution in [0.15, 0.2) is 36.4 Å². The number of nitrogens with one attached hydrogen (secondary N) is 1. The molecule has 2 bridgehead atoms. The summed E-state index contributed by atoms with van der Waals surface area (Å²) in [4.78, 5) is 60.8. The molecular weight excluding hydrogens is 779 g/mol. The lowest BCUT2D eigenvalue weighted by molar-refractivity contribution is -0.938. The van der Waals surface area contributed by atoms with Gasteiger partial charge in [0.1, 0.15) is 0 Å². The summed E-state index contributed by atoms with van der Waals surface area (Å²) in [5, 5.41) is 2.69. The Hall–Kier alpha value is -4.28. The van der Waals surface area contributed by atoms with Crippen molar-refractivity contribution in [3.8, 4) is 0 Å². The maximum Gasteiger partial charge on any atom is 0.418 e. The number of piperidine rings is 2. The molecule has 0 radical (unpaired) electrons. The molecule has 0 saturated carbocycles. The highest BCUT2D eigenvalue weighted by atomic mass is 35.5. The zero-order valence-corrected chi connectivity index (χ0v) is 33.9. The number of quaternary nitrogens is 1. The number of amides is 4. The van der Waals surface area contributed by atoms with E-state index in [0.29, 0.717) is 83.3 Å². The molecule has 0 aromatic heterocycles. The molecule has 5 heterocycles. The number of esters is 1. The summed E-state index contributed by atoms with van der Waals surface area (Å²) in [6.45, 7) is 5.60. The lowest BCUT2D eigenvalue weighted by Crippen LogP contribution is -2.66. The second kappa shape index (κ2) is 17.1. The third-order valence-corrected chi connectivity index (χ3v) is 13.5. The zero-order valence-electron chi connectivity index (χ0n) is 33.1. The van der Waals surface area contributed by atoms with E-state index in [1.165, 1.54) is 11.0 Å². The van der Waals surface area contributed by atoms with E-state index in [1.54, 1.807) is 16.7 Å². The first-order chi connectivity index (χ1) is 27.6. The largest absolute Gasteiger partial charge is 0.465 e. The van der Waals surface area contributed by atoms with Crippen molar-refractivity contribution in [3.05, 3.63) is 58.1 Å². The van der Waals surface area contributed by atoms with Gasteiger partial charge in [0.2, 0.25) is 0 Å². The number of carbonyl (C=O) groups excluding carboxylic acids is 4. The molecule has 0 aliphatic carbocycles. The van der Waals surface area contributed by atoms with Gasteiger partial charge in [-0.1, -0.05) is 29.8 Å². The molecule has 4 fully saturated rings. The quantitative estimate of drug-likeness (QED) is 0.195. The van der Waals surface area contributed by atoms with Gasteiger partial charge in [0.25, 0.3) is 5.91 Å². The van der Waals surface area contributed by atoms with E-state index in [2.05, 4.69) is 17.3 Å². The number of hydrogen-bond acceptors (Lipinski definition) is 8. The van der Waals surface area contributed by atoms with Crippen molar-refractivity contribution in [1.29, 1.82) is 0 Å². The second-order valence-corrected chi connectivity index (χ2v) is 17.0. The molecule has 4 saturated heterocycles. The van der Waals surface area contributed by atoms with Crippen molar-refractivity contribution in [2.24, 2.45) is 0 Å². The van der Waals surface area contributed by atoms with E-state index in [1.807, 2.05) is 24.3 Å². The minimum absolute atomic E-state index is 0.0623. The van der Waals surface area contributed by atoms with Gasteiger partial charge in [-0.05, 0) is 68.4 Å². The maximum atomic E-state index is 14.3. The van der Waals surface area contributed by atoms with Crippen LogP contribution < -0.4 is 11.1 Å². The van der Waals surface area contributed by atoms with Crippen LogP contribution in [0, 0.1) is 0 Å². The van der Waals surface area contributed by atoms with Gasteiger partial charge >= 0.3 is 24.3 Å². The first-order valence-electron chi connectivity index (χ1n) is 20.4. The van der Waals surface area contributed by atoms with Crippen LogP contribution in [0.1, 0.15) is 62.1 Å². The molecule has 2 aromatic carbocycles. The van der Waals surface area contributed by atoms with Crippen LogP contribution in [0.3, 0.4) is 0 Å². The number of nitrogens with zero attached hydrogens (tertiary/aromatic N) is 5. The summed E-state index contributed by atoms with van der Waals surface area (Å²) in [6.07, 6.45) is -1.67. The second-order valence-electron chi connectivity index (χ2n) is 16.6. The highest BCUT2D eigenvalue weighted by molar-refractivity contribution is 6.33. The number of benzene rings is 2. The first-order valence-corrected chi connectivity index (χ1v) is 20.8.